The molecule has 1 aromatic carbocycles. The zero-order valence-electron chi connectivity index (χ0n) is 9.64. The molecule has 1 rings (SSSR count). The molecule has 0 atom stereocenters. The predicted molar refractivity (Wildman–Crippen MR) is 62.5 cm³/mol. The van der Waals surface area contributed by atoms with Crippen molar-refractivity contribution in [1.29, 1.82) is 0 Å². The Morgan fingerprint density at radius 1 is 1.18 bits per heavy atom. The minimum absolute atomic E-state index is 0.231. The van der Waals surface area contributed by atoms with Crippen LogP contribution in [-0.2, 0) is 19.1 Å². The second kappa shape index (κ2) is 7.27. The number of hydrogen-bond acceptors (Lipinski definition) is 5. The molecule has 0 radical (unpaired) electrons. The Labute approximate surface area is 99.7 Å². The maximum Gasteiger partial charge on any atom is 0.344 e. The van der Waals surface area contributed by atoms with Crippen LogP contribution in [0.25, 0.3) is 0 Å². The van der Waals surface area contributed by atoms with Crippen LogP contribution in [0.3, 0.4) is 0 Å². The van der Waals surface area contributed by atoms with E-state index >= 15 is 0 Å². The van der Waals surface area contributed by atoms with Gasteiger partial charge in [-0.05, 0) is 12.1 Å². The number of ether oxygens (including phenoxy) is 2. The molecule has 0 unspecified atom stereocenters. The van der Waals surface area contributed by atoms with Gasteiger partial charge in [0.25, 0.3) is 0 Å². The first-order valence-corrected chi connectivity index (χ1v) is 5.26. The van der Waals surface area contributed by atoms with E-state index in [-0.39, 0.29) is 13.2 Å². The summed E-state index contributed by atoms with van der Waals surface area (Å²) in [6.45, 7) is 1.65. The molecule has 0 spiro atoms. The van der Waals surface area contributed by atoms with E-state index in [4.69, 9.17) is 4.74 Å². The van der Waals surface area contributed by atoms with E-state index in [1.807, 2.05) is 30.3 Å². The molecule has 92 valence electrons. The summed E-state index contributed by atoms with van der Waals surface area (Å²) in [4.78, 5) is 21.5. The Morgan fingerprint density at radius 3 is 2.53 bits per heavy atom. The number of benzene rings is 1. The lowest BCUT2D eigenvalue weighted by Gasteiger charge is -2.07. The molecule has 0 aliphatic heterocycles. The Balaban J connectivity index is 2.08. The average Bonchev–Trinajstić information content (AvgIpc) is 2.33. The highest BCUT2D eigenvalue weighted by molar-refractivity contribution is 5.75. The van der Waals surface area contributed by atoms with E-state index < -0.39 is 11.9 Å². The molecule has 1 aromatic rings. The number of nitrogens with one attached hydrogen (secondary N) is 1. The first kappa shape index (κ1) is 13.0. The predicted octanol–water partition coefficient (Wildman–Crippen LogP) is 1.20. The third-order valence-corrected chi connectivity index (χ3v) is 1.86. The molecule has 0 heterocycles. The van der Waals surface area contributed by atoms with Crippen molar-refractivity contribution in [3.8, 4) is 0 Å². The summed E-state index contributed by atoms with van der Waals surface area (Å²) in [5.74, 6) is -1.04. The second-order valence-electron chi connectivity index (χ2n) is 3.29. The lowest BCUT2D eigenvalue weighted by atomic mass is 10.3. The molecule has 0 aromatic heterocycles. The van der Waals surface area contributed by atoms with Gasteiger partial charge in [-0.1, -0.05) is 18.2 Å². The number of carbonyl (C=O) groups excluding carboxylic acids is 2. The molecular formula is C12H15NO4. The van der Waals surface area contributed by atoms with E-state index in [1.54, 1.807) is 0 Å². The van der Waals surface area contributed by atoms with Gasteiger partial charge in [0.05, 0.1) is 0 Å². The van der Waals surface area contributed by atoms with Gasteiger partial charge in [-0.15, -0.1) is 0 Å². The largest absolute Gasteiger partial charge is 0.461 e. The highest BCUT2D eigenvalue weighted by Crippen LogP contribution is 2.03. The van der Waals surface area contributed by atoms with Crippen molar-refractivity contribution in [2.24, 2.45) is 0 Å². The van der Waals surface area contributed by atoms with Gasteiger partial charge in [-0.25, -0.2) is 4.79 Å². The van der Waals surface area contributed by atoms with Crippen molar-refractivity contribution >= 4 is 17.6 Å². The van der Waals surface area contributed by atoms with Crippen molar-refractivity contribution in [3.05, 3.63) is 30.3 Å². The van der Waals surface area contributed by atoms with Gasteiger partial charge in [0.15, 0.2) is 6.61 Å². The van der Waals surface area contributed by atoms with Crippen molar-refractivity contribution in [1.82, 2.24) is 0 Å². The number of rotatable bonds is 6. The third-order valence-electron chi connectivity index (χ3n) is 1.86. The number of para-hydroxylation sites is 1. The molecule has 0 fully saturated rings. The van der Waals surface area contributed by atoms with Gasteiger partial charge >= 0.3 is 11.9 Å². The zero-order chi connectivity index (χ0) is 12.5. The lowest BCUT2D eigenvalue weighted by Crippen LogP contribution is -2.18. The fourth-order valence-electron chi connectivity index (χ4n) is 1.12. The number of hydrogen-bond donors (Lipinski definition) is 1. The first-order valence-electron chi connectivity index (χ1n) is 5.26. The van der Waals surface area contributed by atoms with Gasteiger partial charge in [-0.3, -0.25) is 4.79 Å². The van der Waals surface area contributed by atoms with Crippen LogP contribution in [0.4, 0.5) is 5.69 Å². The van der Waals surface area contributed by atoms with Crippen molar-refractivity contribution in [2.45, 2.75) is 6.92 Å². The van der Waals surface area contributed by atoms with Gasteiger partial charge in [0.2, 0.25) is 0 Å². The summed E-state index contributed by atoms with van der Waals surface area (Å²) >= 11 is 0. The monoisotopic (exact) mass is 237 g/mol. The van der Waals surface area contributed by atoms with Crippen molar-refractivity contribution in [3.63, 3.8) is 0 Å². The van der Waals surface area contributed by atoms with Crippen molar-refractivity contribution < 1.29 is 19.1 Å². The average molecular weight is 237 g/mol. The zero-order valence-corrected chi connectivity index (χ0v) is 9.64. The van der Waals surface area contributed by atoms with E-state index in [0.29, 0.717) is 6.54 Å². The normalized spacial score (nSPS) is 9.47. The molecular weight excluding hydrogens is 222 g/mol. The molecule has 0 aliphatic rings. The Kier molecular flexibility index (Phi) is 5.57. The molecule has 5 nitrogen and oxygen atoms in total. The first-order chi connectivity index (χ1) is 8.18. The minimum Gasteiger partial charge on any atom is -0.461 e. The maximum absolute atomic E-state index is 11.0. The Hall–Kier alpha value is -2.04. The summed E-state index contributed by atoms with van der Waals surface area (Å²) in [7, 11) is 0. The molecule has 0 amide bonds. The van der Waals surface area contributed by atoms with Crippen LogP contribution in [0.5, 0.6) is 0 Å². The van der Waals surface area contributed by atoms with Crippen LogP contribution in [0.1, 0.15) is 6.92 Å². The topological polar surface area (TPSA) is 64.6 Å². The second-order valence-corrected chi connectivity index (χ2v) is 3.29. The number of anilines is 1. The van der Waals surface area contributed by atoms with E-state index in [0.717, 1.165) is 5.69 Å². The lowest BCUT2D eigenvalue weighted by molar-refractivity contribution is -0.157. The smallest absolute Gasteiger partial charge is 0.344 e. The molecule has 0 saturated heterocycles. The van der Waals surface area contributed by atoms with Crippen molar-refractivity contribution in [2.75, 3.05) is 25.1 Å². The SMILES string of the molecule is CC(=O)OCC(=O)OCCNc1ccccc1. The van der Waals surface area contributed by atoms with E-state index in [1.165, 1.54) is 6.92 Å². The summed E-state index contributed by atoms with van der Waals surface area (Å²) in [5.41, 5.74) is 0.962. The fourth-order valence-corrected chi connectivity index (χ4v) is 1.12. The van der Waals surface area contributed by atoms with Gasteiger partial charge in [0.1, 0.15) is 6.61 Å². The van der Waals surface area contributed by atoms with E-state index in [2.05, 4.69) is 10.1 Å². The summed E-state index contributed by atoms with van der Waals surface area (Å²) in [5, 5.41) is 3.08. The van der Waals surface area contributed by atoms with Gasteiger partial charge in [-0.2, -0.15) is 0 Å². The molecule has 0 saturated carbocycles. The summed E-state index contributed by atoms with van der Waals surface area (Å²) in [6, 6.07) is 9.58. The number of esters is 2. The van der Waals surface area contributed by atoms with Gasteiger partial charge in [0, 0.05) is 19.2 Å². The fraction of sp³-hybridized carbons (Fsp3) is 0.333. The van der Waals surface area contributed by atoms with Crippen LogP contribution in [0.15, 0.2) is 30.3 Å². The standard InChI is InChI=1S/C12H15NO4/c1-10(14)17-9-12(15)16-8-7-13-11-5-3-2-4-6-11/h2-6,13H,7-9H2,1H3. The van der Waals surface area contributed by atoms with E-state index in [9.17, 15) is 9.59 Å². The Morgan fingerprint density at radius 2 is 1.88 bits per heavy atom. The molecule has 0 aliphatic carbocycles. The molecule has 5 heteroatoms. The maximum atomic E-state index is 11.0. The summed E-state index contributed by atoms with van der Waals surface area (Å²) in [6.07, 6.45) is 0. The van der Waals surface area contributed by atoms with Crippen LogP contribution in [0.2, 0.25) is 0 Å². The van der Waals surface area contributed by atoms with Crippen LogP contribution in [0, 0.1) is 0 Å². The highest BCUT2D eigenvalue weighted by Gasteiger charge is 2.04. The summed E-state index contributed by atoms with van der Waals surface area (Å²) < 4.78 is 9.32. The third kappa shape index (κ3) is 6.19. The highest BCUT2D eigenvalue weighted by atomic mass is 16.6. The van der Waals surface area contributed by atoms with Crippen LogP contribution in [-0.4, -0.2) is 31.7 Å². The van der Waals surface area contributed by atoms with Gasteiger partial charge < -0.3 is 14.8 Å². The van der Waals surface area contributed by atoms with Crippen LogP contribution >= 0.6 is 0 Å². The van der Waals surface area contributed by atoms with Crippen LogP contribution < -0.4 is 5.32 Å². The number of carbonyl (C=O) groups is 2. The Bertz CT molecular complexity index is 364. The molecule has 0 bridgehead atoms. The molecule has 1 N–H and O–H groups in total. The quantitative estimate of drug-likeness (QED) is 0.595. The molecule has 17 heavy (non-hydrogen) atoms. The minimum atomic E-state index is -0.546.